The molecule has 2 aromatic heterocycles. The van der Waals surface area contributed by atoms with Crippen LogP contribution < -0.4 is 10.9 Å². The standard InChI is InChI=1S/C18H13ClF3N3O2S/c1-10-23-15(9-28-10)11-3-2-4-13(5-11)24-16(26)8-25-7-12(18(20,21)22)6-14(19)17(25)27/h2-7,9H,8H2,1H3,(H,24,26). The molecule has 0 aliphatic carbocycles. The molecule has 0 spiro atoms. The molecule has 0 bridgehead atoms. The maximum absolute atomic E-state index is 12.9. The minimum absolute atomic E-state index is 0.430. The monoisotopic (exact) mass is 427 g/mol. The average Bonchev–Trinajstić information content (AvgIpc) is 3.04. The zero-order valence-corrected chi connectivity index (χ0v) is 16.0. The molecule has 0 aliphatic heterocycles. The van der Waals surface area contributed by atoms with Crippen molar-refractivity contribution < 1.29 is 18.0 Å². The van der Waals surface area contributed by atoms with Gasteiger partial charge in [0.15, 0.2) is 0 Å². The fourth-order valence-corrected chi connectivity index (χ4v) is 3.33. The van der Waals surface area contributed by atoms with Crippen molar-refractivity contribution in [3.8, 4) is 11.3 Å². The molecule has 1 N–H and O–H groups in total. The van der Waals surface area contributed by atoms with Crippen LogP contribution in [0.4, 0.5) is 18.9 Å². The molecule has 3 rings (SSSR count). The molecule has 1 amide bonds. The van der Waals surface area contributed by atoms with E-state index < -0.39 is 34.8 Å². The fraction of sp³-hybridized carbons (Fsp3) is 0.167. The highest BCUT2D eigenvalue weighted by Gasteiger charge is 2.32. The first-order valence-electron chi connectivity index (χ1n) is 7.93. The van der Waals surface area contributed by atoms with Gasteiger partial charge >= 0.3 is 6.18 Å². The van der Waals surface area contributed by atoms with Gasteiger partial charge in [-0.1, -0.05) is 23.7 Å². The van der Waals surface area contributed by atoms with Gasteiger partial charge in [-0.15, -0.1) is 11.3 Å². The number of carbonyl (C=O) groups excluding carboxylic acids is 1. The second kappa shape index (κ2) is 7.76. The highest BCUT2D eigenvalue weighted by atomic mass is 35.5. The number of pyridine rings is 1. The van der Waals surface area contributed by atoms with Crippen LogP contribution in [0, 0.1) is 6.92 Å². The fourth-order valence-electron chi connectivity index (χ4n) is 2.48. The van der Waals surface area contributed by atoms with Crippen LogP contribution in [0.5, 0.6) is 0 Å². The number of anilines is 1. The van der Waals surface area contributed by atoms with E-state index in [-0.39, 0.29) is 0 Å². The van der Waals surface area contributed by atoms with E-state index in [0.29, 0.717) is 22.5 Å². The van der Waals surface area contributed by atoms with Crippen LogP contribution in [-0.4, -0.2) is 15.5 Å². The Morgan fingerprint density at radius 1 is 1.32 bits per heavy atom. The van der Waals surface area contributed by atoms with Crippen LogP contribution in [0.25, 0.3) is 11.3 Å². The van der Waals surface area contributed by atoms with Crippen LogP contribution in [0.1, 0.15) is 10.6 Å². The molecule has 0 fully saturated rings. The minimum atomic E-state index is -4.68. The van der Waals surface area contributed by atoms with E-state index >= 15 is 0 Å². The van der Waals surface area contributed by atoms with E-state index in [1.807, 2.05) is 18.4 Å². The summed E-state index contributed by atoms with van der Waals surface area (Å²) in [6, 6.07) is 7.39. The number of aryl methyl sites for hydroxylation is 1. The van der Waals surface area contributed by atoms with Gasteiger partial charge < -0.3 is 9.88 Å². The second-order valence-electron chi connectivity index (χ2n) is 5.89. The highest BCUT2D eigenvalue weighted by Crippen LogP contribution is 2.29. The van der Waals surface area contributed by atoms with Crippen molar-refractivity contribution in [3.05, 3.63) is 67.9 Å². The first kappa shape index (κ1) is 20.1. The van der Waals surface area contributed by atoms with E-state index in [9.17, 15) is 22.8 Å². The van der Waals surface area contributed by atoms with Crippen molar-refractivity contribution in [3.63, 3.8) is 0 Å². The molecule has 3 aromatic rings. The van der Waals surface area contributed by atoms with Crippen LogP contribution in [0.2, 0.25) is 5.02 Å². The summed E-state index contributed by atoms with van der Waals surface area (Å²) in [5.41, 5.74) is -0.0255. The van der Waals surface area contributed by atoms with Crippen molar-refractivity contribution in [2.24, 2.45) is 0 Å². The molecule has 10 heteroatoms. The summed E-state index contributed by atoms with van der Waals surface area (Å²) in [4.78, 5) is 28.6. The predicted octanol–water partition coefficient (Wildman–Crippen LogP) is 4.59. The number of alkyl halides is 3. The molecule has 0 saturated carbocycles. The number of amides is 1. The van der Waals surface area contributed by atoms with E-state index in [0.717, 1.165) is 16.3 Å². The number of hydrogen-bond donors (Lipinski definition) is 1. The van der Waals surface area contributed by atoms with Crippen LogP contribution >= 0.6 is 22.9 Å². The number of aromatic nitrogens is 2. The lowest BCUT2D eigenvalue weighted by molar-refractivity contribution is -0.138. The number of nitrogens with zero attached hydrogens (tertiary/aromatic N) is 2. The van der Waals surface area contributed by atoms with E-state index in [2.05, 4.69) is 10.3 Å². The number of thiazole rings is 1. The normalized spacial score (nSPS) is 11.5. The third-order valence-corrected chi connectivity index (χ3v) is 4.79. The summed E-state index contributed by atoms with van der Waals surface area (Å²) >= 11 is 7.07. The Morgan fingerprint density at radius 2 is 2.07 bits per heavy atom. The SMILES string of the molecule is Cc1nc(-c2cccc(NC(=O)Cn3cc(C(F)(F)F)cc(Cl)c3=O)c2)cs1. The second-order valence-corrected chi connectivity index (χ2v) is 7.36. The average molecular weight is 428 g/mol. The van der Waals surface area contributed by atoms with Gasteiger partial charge in [-0.3, -0.25) is 9.59 Å². The van der Waals surface area contributed by atoms with Gasteiger partial charge in [-0.05, 0) is 25.1 Å². The summed E-state index contributed by atoms with van der Waals surface area (Å²) in [5, 5.41) is 4.73. The van der Waals surface area contributed by atoms with Gasteiger partial charge in [0.2, 0.25) is 5.91 Å². The summed E-state index contributed by atoms with van der Waals surface area (Å²) in [5.74, 6) is -0.663. The van der Waals surface area contributed by atoms with Gasteiger partial charge in [0, 0.05) is 22.8 Å². The smallest absolute Gasteiger partial charge is 0.325 e. The Bertz CT molecular complexity index is 1090. The maximum atomic E-state index is 12.9. The summed E-state index contributed by atoms with van der Waals surface area (Å²) in [6.07, 6.45) is -4.11. The lowest BCUT2D eigenvalue weighted by Crippen LogP contribution is -2.29. The molecule has 0 atom stereocenters. The maximum Gasteiger partial charge on any atom is 0.417 e. The number of hydrogen-bond acceptors (Lipinski definition) is 4. The van der Waals surface area contributed by atoms with Crippen molar-refractivity contribution in [2.45, 2.75) is 19.6 Å². The number of nitrogens with one attached hydrogen (secondary N) is 1. The first-order valence-corrected chi connectivity index (χ1v) is 9.19. The van der Waals surface area contributed by atoms with Gasteiger partial charge in [0.1, 0.15) is 11.6 Å². The lowest BCUT2D eigenvalue weighted by Gasteiger charge is -2.12. The largest absolute Gasteiger partial charge is 0.417 e. The van der Waals surface area contributed by atoms with Crippen molar-refractivity contribution in [1.82, 2.24) is 9.55 Å². The highest BCUT2D eigenvalue weighted by molar-refractivity contribution is 7.09. The molecule has 0 saturated heterocycles. The Labute approximate surface area is 166 Å². The molecular formula is C18H13ClF3N3O2S. The Hall–Kier alpha value is -2.65. The van der Waals surface area contributed by atoms with Gasteiger partial charge in [0.05, 0.1) is 16.3 Å². The van der Waals surface area contributed by atoms with Crippen molar-refractivity contribution >= 4 is 34.5 Å². The summed E-state index contributed by atoms with van der Waals surface area (Å²) in [6.45, 7) is 1.26. The molecule has 5 nitrogen and oxygen atoms in total. The van der Waals surface area contributed by atoms with Gasteiger partial charge in [-0.2, -0.15) is 13.2 Å². The lowest BCUT2D eigenvalue weighted by atomic mass is 10.1. The van der Waals surface area contributed by atoms with Crippen molar-refractivity contribution in [2.75, 3.05) is 5.32 Å². The summed E-state index contributed by atoms with van der Waals surface area (Å²) < 4.78 is 39.3. The van der Waals surface area contributed by atoms with Crippen LogP contribution in [-0.2, 0) is 17.5 Å². The van der Waals surface area contributed by atoms with Crippen molar-refractivity contribution in [1.29, 1.82) is 0 Å². The molecule has 0 unspecified atom stereocenters. The zero-order chi connectivity index (χ0) is 20.5. The quantitative estimate of drug-likeness (QED) is 0.662. The van der Waals surface area contributed by atoms with Gasteiger partial charge in [-0.25, -0.2) is 4.98 Å². The number of carbonyl (C=O) groups is 1. The Morgan fingerprint density at radius 3 is 2.71 bits per heavy atom. The number of halogens is 4. The zero-order valence-electron chi connectivity index (χ0n) is 14.4. The molecule has 2 heterocycles. The topological polar surface area (TPSA) is 64.0 Å². The van der Waals surface area contributed by atoms with Gasteiger partial charge in [0.25, 0.3) is 5.56 Å². The summed E-state index contributed by atoms with van der Waals surface area (Å²) in [7, 11) is 0. The Kier molecular flexibility index (Phi) is 5.57. The Balaban J connectivity index is 1.80. The minimum Gasteiger partial charge on any atom is -0.325 e. The predicted molar refractivity (Wildman–Crippen MR) is 102 cm³/mol. The molecule has 146 valence electrons. The van der Waals surface area contributed by atoms with E-state index in [1.54, 1.807) is 18.2 Å². The van der Waals surface area contributed by atoms with Crippen LogP contribution in [0.3, 0.4) is 0 Å². The molecule has 0 aliphatic rings. The van der Waals surface area contributed by atoms with E-state index in [4.69, 9.17) is 11.6 Å². The molecule has 1 aromatic carbocycles. The molecular weight excluding hydrogens is 415 g/mol. The molecule has 0 radical (unpaired) electrons. The third kappa shape index (κ3) is 4.60. The number of rotatable bonds is 4. The first-order chi connectivity index (χ1) is 13.1. The third-order valence-electron chi connectivity index (χ3n) is 3.74. The van der Waals surface area contributed by atoms with E-state index in [1.165, 1.54) is 11.3 Å². The number of benzene rings is 1. The van der Waals surface area contributed by atoms with Crippen LogP contribution in [0.15, 0.2) is 46.7 Å². The molecule has 28 heavy (non-hydrogen) atoms.